The van der Waals surface area contributed by atoms with Crippen LogP contribution < -0.4 is 11.1 Å². The van der Waals surface area contributed by atoms with Crippen LogP contribution in [0.3, 0.4) is 0 Å². The van der Waals surface area contributed by atoms with Crippen LogP contribution in [0.5, 0.6) is 0 Å². The van der Waals surface area contributed by atoms with Gasteiger partial charge in [0.2, 0.25) is 0 Å². The van der Waals surface area contributed by atoms with E-state index in [1.165, 1.54) is 0 Å². The number of nitrogens with two attached hydrogens (primary N) is 1. The number of aromatic nitrogens is 1. The summed E-state index contributed by atoms with van der Waals surface area (Å²) in [5.74, 6) is 0.629. The topological polar surface area (TPSA) is 74.4 Å². The van der Waals surface area contributed by atoms with Crippen molar-refractivity contribution in [1.82, 2.24) is 9.88 Å². The molecule has 4 N–H and O–H groups in total. The molecule has 0 bridgehead atoms. The second-order valence-electron chi connectivity index (χ2n) is 4.98. The van der Waals surface area contributed by atoms with Crippen LogP contribution in [0, 0.1) is 6.92 Å². The highest BCUT2D eigenvalue weighted by Gasteiger charge is 2.21. The van der Waals surface area contributed by atoms with Gasteiger partial charge < -0.3 is 21.1 Å². The minimum Gasteiger partial charge on any atom is -0.396 e. The van der Waals surface area contributed by atoms with Crippen LogP contribution in [0.4, 0.5) is 11.5 Å². The maximum Gasteiger partial charge on any atom is 0.149 e. The molecule has 0 aliphatic carbocycles. The van der Waals surface area contributed by atoms with E-state index in [2.05, 4.69) is 10.3 Å². The first-order chi connectivity index (χ1) is 7.80. The van der Waals surface area contributed by atoms with Gasteiger partial charge in [-0.25, -0.2) is 4.98 Å². The monoisotopic (exact) mass is 238 g/mol. The number of hydrogen-bond acceptors (Lipinski definition) is 5. The predicted octanol–water partition coefficient (Wildman–Crippen LogP) is 0.697. The third kappa shape index (κ3) is 4.58. The van der Waals surface area contributed by atoms with Crippen LogP contribution in [0.2, 0.25) is 0 Å². The van der Waals surface area contributed by atoms with Crippen LogP contribution in [0.15, 0.2) is 12.1 Å². The molecular weight excluding hydrogens is 216 g/mol. The summed E-state index contributed by atoms with van der Waals surface area (Å²) in [7, 11) is 3.85. The van der Waals surface area contributed by atoms with Crippen LogP contribution in [-0.2, 0) is 0 Å². The molecule has 0 aromatic carbocycles. The Morgan fingerprint density at radius 3 is 2.71 bits per heavy atom. The Kier molecular flexibility index (Phi) is 4.31. The van der Waals surface area contributed by atoms with E-state index in [9.17, 15) is 5.11 Å². The first kappa shape index (κ1) is 13.7. The lowest BCUT2D eigenvalue weighted by atomic mass is 10.1. The molecule has 17 heavy (non-hydrogen) atoms. The van der Waals surface area contributed by atoms with E-state index in [1.54, 1.807) is 6.92 Å². The molecule has 0 saturated heterocycles. The number of anilines is 2. The lowest BCUT2D eigenvalue weighted by molar-refractivity contribution is 0.0459. The molecule has 1 aromatic heterocycles. The van der Waals surface area contributed by atoms with E-state index < -0.39 is 5.60 Å². The number of pyridine rings is 1. The van der Waals surface area contributed by atoms with E-state index >= 15 is 0 Å². The van der Waals surface area contributed by atoms with Crippen molar-refractivity contribution in [3.8, 4) is 0 Å². The van der Waals surface area contributed by atoms with Crippen molar-refractivity contribution in [2.24, 2.45) is 0 Å². The van der Waals surface area contributed by atoms with E-state index in [-0.39, 0.29) is 0 Å². The molecule has 5 heteroatoms. The van der Waals surface area contributed by atoms with Crippen LogP contribution in [-0.4, -0.2) is 47.8 Å². The van der Waals surface area contributed by atoms with Gasteiger partial charge in [-0.15, -0.1) is 0 Å². The molecule has 0 saturated carbocycles. The molecule has 1 heterocycles. The third-order valence-corrected chi connectivity index (χ3v) is 2.36. The smallest absolute Gasteiger partial charge is 0.149 e. The number of nitrogens with one attached hydrogen (secondary N) is 1. The average Bonchev–Trinajstić information content (AvgIpc) is 2.17. The van der Waals surface area contributed by atoms with Gasteiger partial charge in [0, 0.05) is 18.8 Å². The summed E-state index contributed by atoms with van der Waals surface area (Å²) in [6.45, 7) is 4.67. The van der Waals surface area contributed by atoms with E-state index in [0.29, 0.717) is 24.6 Å². The Balaban J connectivity index is 2.63. The molecule has 0 fully saturated rings. The Morgan fingerprint density at radius 2 is 2.12 bits per heavy atom. The summed E-state index contributed by atoms with van der Waals surface area (Å²) in [6.07, 6.45) is 0. The van der Waals surface area contributed by atoms with Gasteiger partial charge in [-0.3, -0.25) is 0 Å². The van der Waals surface area contributed by atoms with Crippen LogP contribution >= 0.6 is 0 Å². The molecule has 1 aromatic rings. The van der Waals surface area contributed by atoms with E-state index in [4.69, 9.17) is 5.73 Å². The van der Waals surface area contributed by atoms with Gasteiger partial charge in [0.05, 0.1) is 11.3 Å². The molecule has 1 rings (SSSR count). The Hall–Kier alpha value is -1.33. The first-order valence-corrected chi connectivity index (χ1v) is 5.64. The quantitative estimate of drug-likeness (QED) is 0.704. The summed E-state index contributed by atoms with van der Waals surface area (Å²) in [4.78, 5) is 6.23. The number of hydrogen-bond donors (Lipinski definition) is 3. The second kappa shape index (κ2) is 5.33. The number of aryl methyl sites for hydroxylation is 1. The van der Waals surface area contributed by atoms with Crippen LogP contribution in [0.25, 0.3) is 0 Å². The van der Waals surface area contributed by atoms with Gasteiger partial charge in [0.15, 0.2) is 0 Å². The molecule has 0 aliphatic rings. The average molecular weight is 238 g/mol. The summed E-state index contributed by atoms with van der Waals surface area (Å²) in [6, 6.07) is 3.67. The zero-order chi connectivity index (χ0) is 13.1. The number of rotatable bonds is 5. The van der Waals surface area contributed by atoms with Crippen LogP contribution in [0.1, 0.15) is 12.6 Å². The minimum atomic E-state index is -0.818. The second-order valence-corrected chi connectivity index (χ2v) is 4.98. The van der Waals surface area contributed by atoms with Crippen molar-refractivity contribution < 1.29 is 5.11 Å². The summed E-state index contributed by atoms with van der Waals surface area (Å²) >= 11 is 0. The maximum absolute atomic E-state index is 10.1. The normalized spacial score (nSPS) is 14.7. The fourth-order valence-corrected chi connectivity index (χ4v) is 1.72. The maximum atomic E-state index is 10.1. The minimum absolute atomic E-state index is 0.409. The molecular formula is C12H22N4O. The van der Waals surface area contributed by atoms with Crippen molar-refractivity contribution in [3.63, 3.8) is 0 Å². The largest absolute Gasteiger partial charge is 0.396 e. The zero-order valence-electron chi connectivity index (χ0n) is 11.0. The number of nitrogens with zero attached hydrogens (tertiary/aromatic N) is 2. The fourth-order valence-electron chi connectivity index (χ4n) is 1.72. The van der Waals surface area contributed by atoms with Gasteiger partial charge in [0.25, 0.3) is 0 Å². The molecule has 0 amide bonds. The Morgan fingerprint density at radius 1 is 1.47 bits per heavy atom. The fraction of sp³-hybridized carbons (Fsp3) is 0.583. The van der Waals surface area contributed by atoms with Gasteiger partial charge in [-0.2, -0.15) is 0 Å². The van der Waals surface area contributed by atoms with Crippen molar-refractivity contribution in [3.05, 3.63) is 17.8 Å². The van der Waals surface area contributed by atoms with Gasteiger partial charge >= 0.3 is 0 Å². The molecule has 0 spiro atoms. The highest BCUT2D eigenvalue weighted by Crippen LogP contribution is 2.16. The van der Waals surface area contributed by atoms with Gasteiger partial charge in [0.1, 0.15) is 5.82 Å². The molecule has 96 valence electrons. The molecule has 0 aliphatic heterocycles. The standard InChI is InChI=1S/C12H22N4O/c1-9-5-6-10(13)11(15-9)14-7-12(2,17)8-16(3)4/h5-6,17H,7-8,13H2,1-4H3,(H,14,15). The van der Waals surface area contributed by atoms with Crippen molar-refractivity contribution >= 4 is 11.5 Å². The number of aliphatic hydroxyl groups is 1. The van der Waals surface area contributed by atoms with Gasteiger partial charge in [-0.1, -0.05) is 0 Å². The van der Waals surface area contributed by atoms with E-state index in [1.807, 2.05) is 38.1 Å². The third-order valence-electron chi connectivity index (χ3n) is 2.36. The SMILES string of the molecule is Cc1ccc(N)c(NCC(C)(O)CN(C)C)n1. The van der Waals surface area contributed by atoms with Gasteiger partial charge in [-0.05, 0) is 40.1 Å². The first-order valence-electron chi connectivity index (χ1n) is 5.64. The lowest BCUT2D eigenvalue weighted by Crippen LogP contribution is -2.43. The Labute approximate surface area is 103 Å². The molecule has 5 nitrogen and oxygen atoms in total. The molecule has 0 radical (unpaired) electrons. The molecule has 1 atom stereocenters. The van der Waals surface area contributed by atoms with Crippen molar-refractivity contribution in [2.45, 2.75) is 19.4 Å². The number of likely N-dealkylation sites (N-methyl/N-ethyl adjacent to an activating group) is 1. The molecule has 1 unspecified atom stereocenters. The van der Waals surface area contributed by atoms with E-state index in [0.717, 1.165) is 5.69 Å². The lowest BCUT2D eigenvalue weighted by Gasteiger charge is -2.27. The van der Waals surface area contributed by atoms with Crippen molar-refractivity contribution in [1.29, 1.82) is 0 Å². The predicted molar refractivity (Wildman–Crippen MR) is 71.1 cm³/mol. The highest BCUT2D eigenvalue weighted by atomic mass is 16.3. The summed E-state index contributed by atoms with van der Waals surface area (Å²) < 4.78 is 0. The summed E-state index contributed by atoms with van der Waals surface area (Å²) in [5, 5.41) is 13.2. The number of nitrogen functional groups attached to an aromatic ring is 1. The summed E-state index contributed by atoms with van der Waals surface area (Å²) in [5.41, 5.74) is 6.48. The highest BCUT2D eigenvalue weighted by molar-refractivity contribution is 5.61. The van der Waals surface area contributed by atoms with Crippen molar-refractivity contribution in [2.75, 3.05) is 38.2 Å². The Bertz CT molecular complexity index is 377. The zero-order valence-corrected chi connectivity index (χ0v) is 11.0.